The zero-order valence-corrected chi connectivity index (χ0v) is 18.3. The normalized spacial score (nSPS) is 11.2. The maximum atomic E-state index is 12.9. The van der Waals surface area contributed by atoms with Crippen molar-refractivity contribution in [3.05, 3.63) is 55.1 Å². The molecule has 1 rings (SSSR count). The van der Waals surface area contributed by atoms with E-state index in [4.69, 9.17) is 9.47 Å². The minimum absolute atomic E-state index is 0.0287. The average molecular weight is 434 g/mol. The molecule has 1 aromatic carbocycles. The fourth-order valence-electron chi connectivity index (χ4n) is 2.71. The second kappa shape index (κ2) is 11.3. The van der Waals surface area contributed by atoms with Crippen molar-refractivity contribution in [2.75, 3.05) is 27.3 Å². The van der Waals surface area contributed by atoms with E-state index in [1.54, 1.807) is 12.1 Å². The number of rotatable bonds is 10. The van der Waals surface area contributed by atoms with Crippen LogP contribution in [0.1, 0.15) is 18.4 Å². The molecular formula is C22H27NO6S. The highest BCUT2D eigenvalue weighted by Gasteiger charge is 2.46. The number of benzene rings is 1. The van der Waals surface area contributed by atoms with E-state index in [0.717, 1.165) is 24.1 Å². The summed E-state index contributed by atoms with van der Waals surface area (Å²) in [5.74, 6) is 3.87. The molecule has 0 saturated heterocycles. The van der Waals surface area contributed by atoms with E-state index in [0.29, 0.717) is 0 Å². The van der Waals surface area contributed by atoms with E-state index in [9.17, 15) is 18.0 Å². The van der Waals surface area contributed by atoms with Crippen molar-refractivity contribution in [3.8, 4) is 11.8 Å². The van der Waals surface area contributed by atoms with Crippen LogP contribution in [0.4, 0.5) is 0 Å². The Morgan fingerprint density at radius 2 is 1.63 bits per heavy atom. The van der Waals surface area contributed by atoms with Crippen LogP contribution in [0.25, 0.3) is 0 Å². The van der Waals surface area contributed by atoms with Gasteiger partial charge in [0, 0.05) is 13.0 Å². The Hall–Kier alpha value is -2.89. The molecule has 30 heavy (non-hydrogen) atoms. The summed E-state index contributed by atoms with van der Waals surface area (Å²) in [6.07, 6.45) is 2.63. The van der Waals surface area contributed by atoms with Crippen molar-refractivity contribution in [1.82, 2.24) is 4.31 Å². The molecule has 7 nitrogen and oxygen atoms in total. The number of ether oxygens (including phenoxy) is 2. The molecule has 0 radical (unpaired) electrons. The molecule has 0 amide bonds. The predicted molar refractivity (Wildman–Crippen MR) is 114 cm³/mol. The summed E-state index contributed by atoms with van der Waals surface area (Å²) >= 11 is 0. The van der Waals surface area contributed by atoms with Gasteiger partial charge in [0.15, 0.2) is 5.41 Å². The summed E-state index contributed by atoms with van der Waals surface area (Å²) in [5.41, 5.74) is -0.717. The number of carbonyl (C=O) groups excluding carboxylic acids is 2. The number of sulfonamides is 1. The van der Waals surface area contributed by atoms with E-state index in [2.05, 4.69) is 25.0 Å². The van der Waals surface area contributed by atoms with Crippen molar-refractivity contribution in [3.63, 3.8) is 0 Å². The number of hydrogen-bond donors (Lipinski definition) is 0. The third-order valence-corrected chi connectivity index (χ3v) is 6.23. The van der Waals surface area contributed by atoms with Gasteiger partial charge in [0.2, 0.25) is 10.0 Å². The molecule has 1 aromatic rings. The van der Waals surface area contributed by atoms with E-state index < -0.39 is 27.4 Å². The van der Waals surface area contributed by atoms with Crippen molar-refractivity contribution in [1.29, 1.82) is 0 Å². The smallest absolute Gasteiger partial charge is 0.324 e. The Kier molecular flexibility index (Phi) is 9.50. The molecule has 0 fully saturated rings. The molecule has 0 aliphatic heterocycles. The Morgan fingerprint density at radius 1 is 1.07 bits per heavy atom. The van der Waals surface area contributed by atoms with Crippen molar-refractivity contribution in [2.24, 2.45) is 5.41 Å². The first kappa shape index (κ1) is 25.1. The highest BCUT2D eigenvalue weighted by atomic mass is 32.2. The Balaban J connectivity index is 3.14. The topological polar surface area (TPSA) is 90.0 Å². The van der Waals surface area contributed by atoms with Crippen LogP contribution in [-0.4, -0.2) is 52.0 Å². The van der Waals surface area contributed by atoms with Crippen LogP contribution in [0.5, 0.6) is 0 Å². The van der Waals surface area contributed by atoms with Gasteiger partial charge in [-0.25, -0.2) is 8.42 Å². The molecule has 8 heteroatoms. The summed E-state index contributed by atoms with van der Waals surface area (Å²) in [5, 5.41) is 0. The van der Waals surface area contributed by atoms with Gasteiger partial charge in [-0.1, -0.05) is 35.8 Å². The van der Waals surface area contributed by atoms with Crippen LogP contribution in [0.3, 0.4) is 0 Å². The van der Waals surface area contributed by atoms with Gasteiger partial charge >= 0.3 is 11.9 Å². The predicted octanol–water partition coefficient (Wildman–Crippen LogP) is 2.47. The van der Waals surface area contributed by atoms with Crippen LogP contribution in [0, 0.1) is 24.2 Å². The lowest BCUT2D eigenvalue weighted by atomic mass is 9.81. The van der Waals surface area contributed by atoms with Crippen LogP contribution in [0.2, 0.25) is 0 Å². The molecule has 0 bridgehead atoms. The third kappa shape index (κ3) is 5.81. The lowest BCUT2D eigenvalue weighted by Crippen LogP contribution is -2.40. The maximum Gasteiger partial charge on any atom is 0.324 e. The number of esters is 2. The van der Waals surface area contributed by atoms with E-state index in [1.807, 2.05) is 6.92 Å². The van der Waals surface area contributed by atoms with Gasteiger partial charge in [0.1, 0.15) is 0 Å². The van der Waals surface area contributed by atoms with Crippen LogP contribution < -0.4 is 0 Å². The molecular weight excluding hydrogens is 406 g/mol. The first-order valence-electron chi connectivity index (χ1n) is 9.10. The highest BCUT2D eigenvalue weighted by Crippen LogP contribution is 2.30. The standard InChI is InChI=1S/C22H27NO6S/c1-6-14-22(20(24)28-4,21(25)29-5)15-8-9-17-23(16-7-2)30(26,27)19-12-10-18(3)11-13-19/h6-7,10-13H,1-2,14-17H2,3-5H3. The number of nitrogens with zero attached hydrogens (tertiary/aromatic N) is 1. The summed E-state index contributed by atoms with van der Waals surface area (Å²) in [6, 6.07) is 6.47. The molecule has 0 spiro atoms. The maximum absolute atomic E-state index is 12.9. The Labute approximate surface area is 178 Å². The molecule has 0 N–H and O–H groups in total. The second-order valence-corrected chi connectivity index (χ2v) is 8.43. The zero-order chi connectivity index (χ0) is 22.8. The quantitative estimate of drug-likeness (QED) is 0.244. The number of allylic oxidation sites excluding steroid dienone is 1. The Morgan fingerprint density at radius 3 is 2.10 bits per heavy atom. The van der Waals surface area contributed by atoms with Crippen LogP contribution >= 0.6 is 0 Å². The number of methoxy groups -OCH3 is 2. The second-order valence-electron chi connectivity index (χ2n) is 6.49. The Bertz CT molecular complexity index is 922. The SMILES string of the molecule is C=CCN(CC#CCC(CC=C)(C(=O)OC)C(=O)OC)S(=O)(=O)c1ccc(C)cc1. The molecule has 0 aromatic heterocycles. The molecule has 0 aliphatic carbocycles. The monoisotopic (exact) mass is 433 g/mol. The average Bonchev–Trinajstić information content (AvgIpc) is 2.74. The first-order chi connectivity index (χ1) is 14.2. The summed E-state index contributed by atoms with van der Waals surface area (Å²) in [6.45, 7) is 8.93. The molecule has 0 saturated carbocycles. The number of hydrogen-bond acceptors (Lipinski definition) is 6. The van der Waals surface area contributed by atoms with Gasteiger partial charge < -0.3 is 9.47 Å². The van der Waals surface area contributed by atoms with Gasteiger partial charge in [0.25, 0.3) is 0 Å². The highest BCUT2D eigenvalue weighted by molar-refractivity contribution is 7.89. The van der Waals surface area contributed by atoms with E-state index in [-0.39, 0.29) is 30.8 Å². The van der Waals surface area contributed by atoms with Crippen LogP contribution in [0.15, 0.2) is 54.5 Å². The van der Waals surface area contributed by atoms with Gasteiger partial charge in [-0.15, -0.1) is 19.1 Å². The van der Waals surface area contributed by atoms with Crippen LogP contribution in [-0.2, 0) is 29.1 Å². The molecule has 162 valence electrons. The van der Waals surface area contributed by atoms with Gasteiger partial charge in [-0.2, -0.15) is 4.31 Å². The van der Waals surface area contributed by atoms with Gasteiger partial charge in [-0.3, -0.25) is 9.59 Å². The van der Waals surface area contributed by atoms with E-state index in [1.165, 1.54) is 24.3 Å². The van der Waals surface area contributed by atoms with Crippen molar-refractivity contribution < 1.29 is 27.5 Å². The first-order valence-corrected chi connectivity index (χ1v) is 10.5. The molecule has 0 unspecified atom stereocenters. The fourth-order valence-corrected chi connectivity index (χ4v) is 4.03. The molecule has 0 atom stereocenters. The van der Waals surface area contributed by atoms with Crippen molar-refractivity contribution in [2.45, 2.75) is 24.7 Å². The number of carbonyl (C=O) groups is 2. The summed E-state index contributed by atoms with van der Waals surface area (Å²) in [7, 11) is -1.46. The summed E-state index contributed by atoms with van der Waals surface area (Å²) < 4.78 is 36.4. The van der Waals surface area contributed by atoms with Gasteiger partial charge in [0.05, 0.1) is 25.7 Å². The zero-order valence-electron chi connectivity index (χ0n) is 17.5. The van der Waals surface area contributed by atoms with Crippen molar-refractivity contribution >= 4 is 22.0 Å². The van der Waals surface area contributed by atoms with Gasteiger partial charge in [-0.05, 0) is 25.5 Å². The molecule has 0 heterocycles. The lowest BCUT2D eigenvalue weighted by Gasteiger charge is -2.24. The van der Waals surface area contributed by atoms with E-state index >= 15 is 0 Å². The minimum atomic E-state index is -3.79. The minimum Gasteiger partial charge on any atom is -0.468 e. The lowest BCUT2D eigenvalue weighted by molar-refractivity contribution is -0.168. The third-order valence-electron chi connectivity index (χ3n) is 4.41. The fraction of sp³-hybridized carbons (Fsp3) is 0.364. The summed E-state index contributed by atoms with van der Waals surface area (Å²) in [4.78, 5) is 24.7. The largest absolute Gasteiger partial charge is 0.468 e. The number of aryl methyl sites for hydroxylation is 1. The molecule has 0 aliphatic rings.